The fourth-order valence-electron chi connectivity index (χ4n) is 4.50. The van der Waals surface area contributed by atoms with Crippen LogP contribution in [0, 0.1) is 41.5 Å². The highest BCUT2D eigenvalue weighted by atomic mass is 15.3. The molecule has 0 saturated heterocycles. The predicted molar refractivity (Wildman–Crippen MR) is 109 cm³/mol. The number of nitrogens with zero attached hydrogens (tertiary/aromatic N) is 2. The lowest BCUT2D eigenvalue weighted by Gasteiger charge is -2.26. The third kappa shape index (κ3) is 3.10. The average molecular weight is 336 g/mol. The summed E-state index contributed by atoms with van der Waals surface area (Å²) in [4.78, 5) is 2.47. The van der Waals surface area contributed by atoms with E-state index in [1.807, 2.05) is 0 Å². The van der Waals surface area contributed by atoms with Crippen molar-refractivity contribution in [2.24, 2.45) is 0 Å². The third-order valence-corrected chi connectivity index (χ3v) is 5.26. The van der Waals surface area contributed by atoms with E-state index in [1.165, 1.54) is 44.8 Å². The summed E-state index contributed by atoms with van der Waals surface area (Å²) in [6.07, 6.45) is 2.31. The molecule has 132 valence electrons. The molecule has 2 heteroatoms. The van der Waals surface area contributed by atoms with Gasteiger partial charge in [0.25, 0.3) is 0 Å². The second-order valence-electron chi connectivity index (χ2n) is 8.42. The van der Waals surface area contributed by atoms with Gasteiger partial charge in [0.2, 0.25) is 6.34 Å². The van der Waals surface area contributed by atoms with E-state index in [0.29, 0.717) is 0 Å². The molecule has 25 heavy (non-hydrogen) atoms. The van der Waals surface area contributed by atoms with Gasteiger partial charge in [0.05, 0.1) is 0 Å². The second-order valence-corrected chi connectivity index (χ2v) is 8.42. The highest BCUT2D eigenvalue weighted by Crippen LogP contribution is 2.36. The van der Waals surface area contributed by atoms with Crippen LogP contribution in [0.25, 0.3) is 0 Å². The van der Waals surface area contributed by atoms with Crippen molar-refractivity contribution in [3.63, 3.8) is 0 Å². The van der Waals surface area contributed by atoms with Crippen molar-refractivity contribution in [1.82, 2.24) is 0 Å². The molecular weight excluding hydrogens is 304 g/mol. The Morgan fingerprint density at radius 1 is 0.760 bits per heavy atom. The van der Waals surface area contributed by atoms with Gasteiger partial charge in [0.15, 0.2) is 0 Å². The van der Waals surface area contributed by atoms with Crippen molar-refractivity contribution < 1.29 is 4.58 Å². The van der Waals surface area contributed by atoms with Gasteiger partial charge in [-0.05, 0) is 77.6 Å². The fourth-order valence-corrected chi connectivity index (χ4v) is 4.50. The maximum absolute atomic E-state index is 2.47. The Morgan fingerprint density at radius 3 is 1.68 bits per heavy atom. The molecule has 1 heterocycles. The number of aryl methyl sites for hydroxylation is 6. The lowest BCUT2D eigenvalue weighted by Crippen LogP contribution is -2.42. The van der Waals surface area contributed by atoms with Crippen molar-refractivity contribution in [3.05, 3.63) is 57.6 Å². The monoisotopic (exact) mass is 335 g/mol. The zero-order chi connectivity index (χ0) is 18.5. The normalized spacial score (nSPS) is 16.3. The molecule has 0 radical (unpaired) electrons. The number of benzene rings is 2. The van der Waals surface area contributed by atoms with Gasteiger partial charge in [0, 0.05) is 0 Å². The summed E-state index contributed by atoms with van der Waals surface area (Å²) in [5.41, 5.74) is 10.8. The first-order valence-corrected chi connectivity index (χ1v) is 9.17. The van der Waals surface area contributed by atoms with E-state index in [9.17, 15) is 0 Å². The molecule has 0 atom stereocenters. The number of hydrogen-bond acceptors (Lipinski definition) is 1. The van der Waals surface area contributed by atoms with Crippen LogP contribution in [0.1, 0.15) is 47.2 Å². The smallest absolute Gasteiger partial charge is 0.229 e. The largest absolute Gasteiger partial charge is 0.245 e. The first kappa shape index (κ1) is 17.7. The molecule has 3 rings (SSSR count). The Hall–Kier alpha value is -2.09. The van der Waals surface area contributed by atoms with Crippen molar-refractivity contribution in [2.45, 2.75) is 60.9 Å². The molecule has 0 unspecified atom stereocenters. The van der Waals surface area contributed by atoms with Crippen molar-refractivity contribution in [3.8, 4) is 0 Å². The zero-order valence-corrected chi connectivity index (χ0v) is 17.0. The van der Waals surface area contributed by atoms with Gasteiger partial charge in [-0.25, -0.2) is 9.48 Å². The summed E-state index contributed by atoms with van der Waals surface area (Å²) >= 11 is 0. The van der Waals surface area contributed by atoms with Crippen LogP contribution in [-0.2, 0) is 0 Å². The Morgan fingerprint density at radius 2 is 1.20 bits per heavy atom. The summed E-state index contributed by atoms with van der Waals surface area (Å²) in [6.45, 7) is 18.9. The van der Waals surface area contributed by atoms with Crippen molar-refractivity contribution in [2.75, 3.05) is 11.4 Å². The van der Waals surface area contributed by atoms with Gasteiger partial charge < -0.3 is 0 Å². The predicted octanol–water partition coefficient (Wildman–Crippen LogP) is 5.51. The van der Waals surface area contributed by atoms with Gasteiger partial charge >= 0.3 is 0 Å². The number of anilines is 1. The molecule has 1 aliphatic heterocycles. The zero-order valence-electron chi connectivity index (χ0n) is 17.0. The molecule has 0 aliphatic carbocycles. The van der Waals surface area contributed by atoms with E-state index in [-0.39, 0.29) is 5.54 Å². The van der Waals surface area contributed by atoms with Gasteiger partial charge in [-0.3, -0.25) is 0 Å². The molecule has 0 bridgehead atoms. The molecule has 0 saturated carbocycles. The first-order valence-electron chi connectivity index (χ1n) is 9.17. The van der Waals surface area contributed by atoms with Crippen LogP contribution in [0.15, 0.2) is 24.3 Å². The summed E-state index contributed by atoms with van der Waals surface area (Å²) in [5, 5.41) is 0. The lowest BCUT2D eigenvalue weighted by atomic mass is 9.98. The number of rotatable bonds is 2. The molecule has 1 aliphatic rings. The third-order valence-electron chi connectivity index (χ3n) is 5.26. The molecule has 2 aromatic rings. The highest BCUT2D eigenvalue weighted by molar-refractivity contribution is 5.84. The van der Waals surface area contributed by atoms with Crippen LogP contribution >= 0.6 is 0 Å². The van der Waals surface area contributed by atoms with E-state index in [0.717, 1.165) is 6.54 Å². The summed E-state index contributed by atoms with van der Waals surface area (Å²) in [5.74, 6) is 0. The highest BCUT2D eigenvalue weighted by Gasteiger charge is 2.43. The topological polar surface area (TPSA) is 6.25 Å². The van der Waals surface area contributed by atoms with Gasteiger partial charge in [-0.2, -0.15) is 0 Å². The summed E-state index contributed by atoms with van der Waals surface area (Å²) < 4.78 is 2.43. The van der Waals surface area contributed by atoms with Crippen LogP contribution < -0.4 is 4.90 Å². The Kier molecular flexibility index (Phi) is 4.26. The van der Waals surface area contributed by atoms with Crippen LogP contribution in [0.3, 0.4) is 0 Å². The Bertz CT molecular complexity index is 826. The number of hydrogen-bond donors (Lipinski definition) is 0. The Balaban J connectivity index is 2.14. The molecule has 0 amide bonds. The molecule has 0 aromatic heterocycles. The van der Waals surface area contributed by atoms with Crippen LogP contribution in [0.2, 0.25) is 0 Å². The average Bonchev–Trinajstić information content (AvgIpc) is 2.72. The Labute approximate surface area is 152 Å². The molecule has 2 aromatic carbocycles. The summed E-state index contributed by atoms with van der Waals surface area (Å²) in [6, 6.07) is 9.15. The SMILES string of the molecule is Cc1cc(C)c(N2C=[N+](c3c(C)cc(C)cc3C)CC2(C)C)c(C)c1. The summed E-state index contributed by atoms with van der Waals surface area (Å²) in [7, 11) is 0. The minimum Gasteiger partial charge on any atom is -0.229 e. The van der Waals surface area contributed by atoms with E-state index in [2.05, 4.69) is 95.5 Å². The standard InChI is InChI=1S/C23H31N2/c1-15-9-17(3)21(18(4)10-15)24-13-23(7,8)25(14-24)22-19(5)11-16(2)12-20(22)6/h9-12,14H,13H2,1-8H3/q+1. The van der Waals surface area contributed by atoms with Crippen molar-refractivity contribution in [1.29, 1.82) is 0 Å². The molecule has 0 N–H and O–H groups in total. The van der Waals surface area contributed by atoms with Crippen LogP contribution in [-0.4, -0.2) is 23.0 Å². The minimum atomic E-state index is 0.0501. The van der Waals surface area contributed by atoms with Gasteiger partial charge in [-0.15, -0.1) is 0 Å². The molecule has 0 fully saturated rings. The van der Waals surface area contributed by atoms with Crippen LogP contribution in [0.4, 0.5) is 11.4 Å². The quantitative estimate of drug-likeness (QED) is 0.656. The maximum atomic E-state index is 2.47. The van der Waals surface area contributed by atoms with E-state index in [4.69, 9.17) is 0 Å². The maximum Gasteiger partial charge on any atom is 0.245 e. The van der Waals surface area contributed by atoms with E-state index < -0.39 is 0 Å². The molecule has 2 nitrogen and oxygen atoms in total. The fraction of sp³-hybridized carbons (Fsp3) is 0.435. The van der Waals surface area contributed by atoms with Crippen LogP contribution in [0.5, 0.6) is 0 Å². The minimum absolute atomic E-state index is 0.0501. The lowest BCUT2D eigenvalue weighted by molar-refractivity contribution is -0.434. The van der Waals surface area contributed by atoms with Gasteiger partial charge in [-0.1, -0.05) is 35.4 Å². The molecular formula is C23H31N2+. The molecule has 0 spiro atoms. The van der Waals surface area contributed by atoms with Crippen molar-refractivity contribution >= 4 is 17.7 Å². The first-order chi connectivity index (χ1) is 11.6. The van der Waals surface area contributed by atoms with E-state index in [1.54, 1.807) is 0 Å². The van der Waals surface area contributed by atoms with Gasteiger partial charge in [0.1, 0.15) is 23.5 Å². The van der Waals surface area contributed by atoms with E-state index >= 15 is 0 Å². The second kappa shape index (κ2) is 6.01.